The van der Waals surface area contributed by atoms with Crippen molar-refractivity contribution >= 4 is 5.91 Å². The number of hydrogen-bond donors (Lipinski definition) is 0. The Balaban J connectivity index is 1.61. The van der Waals surface area contributed by atoms with Gasteiger partial charge in [-0.3, -0.25) is 9.36 Å². The van der Waals surface area contributed by atoms with Crippen LogP contribution in [0.3, 0.4) is 0 Å². The molecule has 1 saturated carbocycles. The fraction of sp³-hybridized carbons (Fsp3) is 0.571. The minimum absolute atomic E-state index is 0.120. The van der Waals surface area contributed by atoms with Crippen molar-refractivity contribution in [3.05, 3.63) is 42.1 Å². The highest BCUT2D eigenvalue weighted by Crippen LogP contribution is 2.36. The summed E-state index contributed by atoms with van der Waals surface area (Å²) in [6.07, 6.45) is 10.4. The second kappa shape index (κ2) is 7.22. The number of carbonyl (C=O) groups excluding carboxylic acids is 1. The molecule has 0 aromatic carbocycles. The molecule has 0 bridgehead atoms. The van der Waals surface area contributed by atoms with Crippen molar-refractivity contribution in [2.24, 2.45) is 5.92 Å². The molecule has 1 saturated heterocycles. The third kappa shape index (κ3) is 3.15. The Morgan fingerprint density at radius 2 is 1.96 bits per heavy atom. The van der Waals surface area contributed by atoms with Gasteiger partial charge in [0, 0.05) is 30.8 Å². The number of amides is 1. The van der Waals surface area contributed by atoms with Gasteiger partial charge in [0.05, 0.1) is 11.7 Å². The second-order valence-corrected chi connectivity index (χ2v) is 7.90. The zero-order valence-corrected chi connectivity index (χ0v) is 15.8. The Morgan fingerprint density at radius 1 is 1.15 bits per heavy atom. The van der Waals surface area contributed by atoms with E-state index in [9.17, 15) is 4.79 Å². The number of rotatable bonds is 4. The number of likely N-dealkylation sites (tertiary alicyclic amines) is 1. The van der Waals surface area contributed by atoms with Gasteiger partial charge in [-0.05, 0) is 37.8 Å². The lowest BCUT2D eigenvalue weighted by molar-refractivity contribution is -0.136. The van der Waals surface area contributed by atoms with Crippen LogP contribution >= 0.6 is 0 Å². The number of carbonyl (C=O) groups is 1. The van der Waals surface area contributed by atoms with Gasteiger partial charge in [0.2, 0.25) is 5.91 Å². The van der Waals surface area contributed by atoms with E-state index in [1.54, 1.807) is 0 Å². The quantitative estimate of drug-likeness (QED) is 0.827. The van der Waals surface area contributed by atoms with Gasteiger partial charge in [-0.2, -0.15) is 0 Å². The van der Waals surface area contributed by atoms with Crippen molar-refractivity contribution in [2.45, 2.75) is 64.3 Å². The fourth-order valence-electron chi connectivity index (χ4n) is 4.44. The van der Waals surface area contributed by atoms with Gasteiger partial charge < -0.3 is 4.90 Å². The molecule has 1 amide bonds. The summed E-state index contributed by atoms with van der Waals surface area (Å²) < 4.78 is 2.06. The Bertz CT molecular complexity index is 776. The first-order chi connectivity index (χ1) is 12.6. The van der Waals surface area contributed by atoms with E-state index in [4.69, 9.17) is 4.98 Å². The van der Waals surface area contributed by atoms with Crippen molar-refractivity contribution in [3.63, 3.8) is 0 Å². The normalized spacial score (nSPS) is 21.0. The van der Waals surface area contributed by atoms with E-state index in [0.29, 0.717) is 11.8 Å². The molecule has 4 rings (SSSR count). The van der Waals surface area contributed by atoms with Gasteiger partial charge >= 0.3 is 0 Å². The number of hydrogen-bond acceptors (Lipinski definition) is 3. The lowest BCUT2D eigenvalue weighted by Crippen LogP contribution is -2.35. The molecule has 2 fully saturated rings. The molecular weight excluding hydrogens is 324 g/mol. The van der Waals surface area contributed by atoms with E-state index >= 15 is 0 Å². The first kappa shape index (κ1) is 17.3. The van der Waals surface area contributed by atoms with Crippen molar-refractivity contribution < 1.29 is 4.79 Å². The lowest BCUT2D eigenvalue weighted by atomic mass is 10.0. The molecule has 2 aromatic heterocycles. The van der Waals surface area contributed by atoms with Crippen LogP contribution in [0.25, 0.3) is 5.82 Å². The number of aromatic nitrogens is 3. The van der Waals surface area contributed by atoms with Crippen molar-refractivity contribution in [1.29, 1.82) is 0 Å². The maximum Gasteiger partial charge on any atom is 0.226 e. The smallest absolute Gasteiger partial charge is 0.226 e. The molecule has 138 valence electrons. The van der Waals surface area contributed by atoms with Crippen LogP contribution in [-0.4, -0.2) is 31.9 Å². The summed E-state index contributed by atoms with van der Waals surface area (Å²) in [6.45, 7) is 5.15. The predicted octanol–water partition coefficient (Wildman–Crippen LogP) is 4.24. The van der Waals surface area contributed by atoms with E-state index in [1.165, 1.54) is 12.8 Å². The lowest BCUT2D eigenvalue weighted by Gasteiger charge is -2.27. The minimum atomic E-state index is 0.120. The number of imidazole rings is 1. The van der Waals surface area contributed by atoms with Crippen LogP contribution in [0.4, 0.5) is 0 Å². The molecule has 26 heavy (non-hydrogen) atoms. The SMILES string of the molecule is CC(C)c1nccn1-c1cccc([C@@H]2CCCN2C(=O)C2CCCC2)n1. The van der Waals surface area contributed by atoms with Crippen LogP contribution in [0.1, 0.15) is 75.9 Å². The highest BCUT2D eigenvalue weighted by atomic mass is 16.2. The zero-order chi connectivity index (χ0) is 18.1. The van der Waals surface area contributed by atoms with Crippen LogP contribution in [0, 0.1) is 5.92 Å². The van der Waals surface area contributed by atoms with Gasteiger partial charge in [-0.25, -0.2) is 9.97 Å². The van der Waals surface area contributed by atoms with Gasteiger partial charge in [0.15, 0.2) is 0 Å². The van der Waals surface area contributed by atoms with Gasteiger partial charge in [-0.15, -0.1) is 0 Å². The number of pyridine rings is 1. The van der Waals surface area contributed by atoms with Gasteiger partial charge in [0.1, 0.15) is 11.6 Å². The largest absolute Gasteiger partial charge is 0.334 e. The Labute approximate surface area is 155 Å². The molecule has 0 radical (unpaired) electrons. The van der Waals surface area contributed by atoms with E-state index < -0.39 is 0 Å². The second-order valence-electron chi connectivity index (χ2n) is 7.90. The average Bonchev–Trinajstić information content (AvgIpc) is 3.42. The summed E-state index contributed by atoms with van der Waals surface area (Å²) in [5.41, 5.74) is 1.01. The molecule has 1 aliphatic carbocycles. The first-order valence-corrected chi connectivity index (χ1v) is 9.96. The van der Waals surface area contributed by atoms with Crippen LogP contribution < -0.4 is 0 Å². The third-order valence-corrected chi connectivity index (χ3v) is 5.77. The standard InChI is InChI=1S/C21H28N4O/c1-15(2)20-22-12-14-25(20)19-11-5-9-17(23-19)18-10-6-13-24(18)21(26)16-7-3-4-8-16/h5,9,11-12,14-16,18H,3-4,6-8,10,13H2,1-2H3/t18-/m0/s1. The highest BCUT2D eigenvalue weighted by molar-refractivity contribution is 5.79. The maximum atomic E-state index is 13.0. The topological polar surface area (TPSA) is 51.0 Å². The van der Waals surface area contributed by atoms with Crippen molar-refractivity contribution in [1.82, 2.24) is 19.4 Å². The average molecular weight is 352 g/mol. The van der Waals surface area contributed by atoms with Crippen LogP contribution in [0.2, 0.25) is 0 Å². The van der Waals surface area contributed by atoms with Crippen molar-refractivity contribution in [2.75, 3.05) is 6.54 Å². The molecule has 5 heteroatoms. The monoisotopic (exact) mass is 352 g/mol. The molecule has 0 N–H and O–H groups in total. The van der Waals surface area contributed by atoms with E-state index in [2.05, 4.69) is 40.4 Å². The van der Waals surface area contributed by atoms with E-state index in [1.807, 2.05) is 18.5 Å². The predicted molar refractivity (Wildman–Crippen MR) is 101 cm³/mol. The molecule has 2 aromatic rings. The van der Waals surface area contributed by atoms with Crippen LogP contribution in [0.15, 0.2) is 30.6 Å². The van der Waals surface area contributed by atoms with Crippen LogP contribution in [-0.2, 0) is 4.79 Å². The summed E-state index contributed by atoms with van der Waals surface area (Å²) in [7, 11) is 0. The Kier molecular flexibility index (Phi) is 4.79. The summed E-state index contributed by atoms with van der Waals surface area (Å²) in [6, 6.07) is 6.27. The van der Waals surface area contributed by atoms with E-state index in [0.717, 1.165) is 49.6 Å². The summed E-state index contributed by atoms with van der Waals surface area (Å²) in [5, 5.41) is 0. The molecule has 3 heterocycles. The first-order valence-electron chi connectivity index (χ1n) is 9.96. The number of nitrogens with zero attached hydrogens (tertiary/aromatic N) is 4. The Hall–Kier alpha value is -2.17. The fourth-order valence-corrected chi connectivity index (χ4v) is 4.44. The molecule has 2 aliphatic rings. The molecule has 1 atom stereocenters. The van der Waals surface area contributed by atoms with Crippen molar-refractivity contribution in [3.8, 4) is 5.82 Å². The molecule has 1 aliphatic heterocycles. The van der Waals surface area contributed by atoms with E-state index in [-0.39, 0.29) is 12.0 Å². The zero-order valence-electron chi connectivity index (χ0n) is 15.8. The van der Waals surface area contributed by atoms with Crippen LogP contribution in [0.5, 0.6) is 0 Å². The summed E-state index contributed by atoms with van der Waals surface area (Å²) >= 11 is 0. The minimum Gasteiger partial charge on any atom is -0.334 e. The Morgan fingerprint density at radius 3 is 2.73 bits per heavy atom. The highest BCUT2D eigenvalue weighted by Gasteiger charge is 2.35. The maximum absolute atomic E-state index is 13.0. The van der Waals surface area contributed by atoms with Gasteiger partial charge in [0.25, 0.3) is 0 Å². The molecule has 0 spiro atoms. The molecule has 0 unspecified atom stereocenters. The summed E-state index contributed by atoms with van der Waals surface area (Å²) in [4.78, 5) is 24.5. The third-order valence-electron chi connectivity index (χ3n) is 5.77. The molecule has 5 nitrogen and oxygen atoms in total. The molecular formula is C21H28N4O. The summed E-state index contributed by atoms with van der Waals surface area (Å²) in [5.74, 6) is 2.83. The van der Waals surface area contributed by atoms with Gasteiger partial charge in [-0.1, -0.05) is 32.8 Å².